The lowest BCUT2D eigenvalue weighted by Crippen LogP contribution is -1.59. The summed E-state index contributed by atoms with van der Waals surface area (Å²) in [6.45, 7) is 5.38. The van der Waals surface area contributed by atoms with Crippen LogP contribution in [0.2, 0.25) is 0 Å². The second-order valence-corrected chi connectivity index (χ2v) is 1.98. The van der Waals surface area contributed by atoms with Crippen molar-refractivity contribution in [3.8, 4) is 0 Å². The molecule has 0 aliphatic heterocycles. The van der Waals surface area contributed by atoms with E-state index in [1.54, 1.807) is 6.20 Å². The highest BCUT2D eigenvalue weighted by molar-refractivity contribution is 7.22. The molecule has 1 nitrogen and oxygen atoms in total. The highest BCUT2D eigenvalue weighted by atomic mass is 31.0. The summed E-state index contributed by atoms with van der Waals surface area (Å²) in [5.41, 5.74) is 0. The van der Waals surface area contributed by atoms with Crippen molar-refractivity contribution in [2.75, 3.05) is 0 Å². The zero-order chi connectivity index (χ0) is 5.70. The molecule has 0 saturated heterocycles. The Morgan fingerprint density at radius 3 is 2.71 bits per heavy atom. The minimum absolute atomic E-state index is 1.03. The number of hydrogen-bond acceptors (Lipinski definition) is 1. The summed E-state index contributed by atoms with van der Waals surface area (Å²) in [4.78, 5) is 3.57. The average Bonchev–Trinajstić information content (AvgIpc) is 1.68. The summed E-state index contributed by atoms with van der Waals surface area (Å²) in [6, 6.07) is 0. The van der Waals surface area contributed by atoms with Gasteiger partial charge in [0, 0.05) is 6.20 Å². The Kier molecular flexibility index (Phi) is 3.92. The van der Waals surface area contributed by atoms with Gasteiger partial charge in [0.25, 0.3) is 0 Å². The van der Waals surface area contributed by atoms with Crippen LogP contribution in [-0.2, 0) is 0 Å². The maximum Gasteiger partial charge on any atom is 0.0291 e. The predicted octanol–water partition coefficient (Wildman–Crippen LogP) is 1.81. The van der Waals surface area contributed by atoms with E-state index >= 15 is 0 Å². The van der Waals surface area contributed by atoms with E-state index in [1.165, 1.54) is 5.31 Å². The van der Waals surface area contributed by atoms with Gasteiger partial charge in [-0.3, -0.25) is 4.99 Å². The molecule has 0 bridgehead atoms. The lowest BCUT2D eigenvalue weighted by Gasteiger charge is -1.85. The van der Waals surface area contributed by atoms with E-state index < -0.39 is 0 Å². The predicted molar refractivity (Wildman–Crippen MR) is 37.6 cm³/mol. The first-order valence-electron chi connectivity index (χ1n) is 2.21. The van der Waals surface area contributed by atoms with Gasteiger partial charge in [0.15, 0.2) is 0 Å². The van der Waals surface area contributed by atoms with Crippen molar-refractivity contribution in [3.63, 3.8) is 0 Å². The van der Waals surface area contributed by atoms with Crippen LogP contribution in [-0.4, -0.2) is 6.72 Å². The van der Waals surface area contributed by atoms with Gasteiger partial charge in [0.05, 0.1) is 0 Å². The van der Waals surface area contributed by atoms with Crippen molar-refractivity contribution in [1.82, 2.24) is 0 Å². The summed E-state index contributed by atoms with van der Waals surface area (Å²) in [6.07, 6.45) is 2.77. The molecule has 0 heterocycles. The van der Waals surface area contributed by atoms with Gasteiger partial charge in [-0.15, -0.1) is 9.24 Å². The topological polar surface area (TPSA) is 12.4 Å². The fraction of sp³-hybridized carbons (Fsp3) is 0.400. The minimum Gasteiger partial charge on any atom is -0.272 e. The number of nitrogens with zero attached hydrogens (tertiary/aromatic N) is 1. The molecule has 2 heteroatoms. The maximum absolute atomic E-state index is 3.57. The largest absolute Gasteiger partial charge is 0.272 e. The van der Waals surface area contributed by atoms with Crippen LogP contribution >= 0.6 is 9.24 Å². The van der Waals surface area contributed by atoms with E-state index in [-0.39, 0.29) is 0 Å². The number of hydrogen-bond donors (Lipinski definition) is 0. The summed E-state index contributed by atoms with van der Waals surface area (Å²) in [7, 11) is 2.58. The third kappa shape index (κ3) is 3.68. The van der Waals surface area contributed by atoms with E-state index in [2.05, 4.69) is 27.9 Å². The molecule has 0 aromatic heterocycles. The molecule has 0 aliphatic carbocycles. The fourth-order valence-electron chi connectivity index (χ4n) is 0.209. The molecule has 0 rings (SSSR count). The number of aliphatic imine (C=N–C) groups is 1. The normalized spacial score (nSPS) is 11.4. The highest BCUT2D eigenvalue weighted by Crippen LogP contribution is 2.07. The molecule has 0 amide bonds. The quantitative estimate of drug-likeness (QED) is 0.384. The van der Waals surface area contributed by atoms with Crippen LogP contribution in [0.15, 0.2) is 16.5 Å². The van der Waals surface area contributed by atoms with E-state index in [1.807, 2.05) is 0 Å². The van der Waals surface area contributed by atoms with Gasteiger partial charge in [0.1, 0.15) is 0 Å². The smallest absolute Gasteiger partial charge is 0.0291 e. The minimum atomic E-state index is 1.03. The Labute approximate surface area is 46.7 Å². The third-order valence-electron chi connectivity index (χ3n) is 0.665. The van der Waals surface area contributed by atoms with Crippen molar-refractivity contribution in [2.45, 2.75) is 13.3 Å². The van der Waals surface area contributed by atoms with Gasteiger partial charge >= 0.3 is 0 Å². The van der Waals surface area contributed by atoms with E-state index in [4.69, 9.17) is 0 Å². The maximum atomic E-state index is 3.57. The van der Waals surface area contributed by atoms with Crippen LogP contribution in [0.25, 0.3) is 0 Å². The third-order valence-corrected chi connectivity index (χ3v) is 1.22. The first-order chi connectivity index (χ1) is 3.31. The van der Waals surface area contributed by atoms with Crippen molar-refractivity contribution in [2.24, 2.45) is 4.99 Å². The summed E-state index contributed by atoms with van der Waals surface area (Å²) < 4.78 is 0. The second kappa shape index (κ2) is 4.01. The van der Waals surface area contributed by atoms with Crippen LogP contribution in [0.3, 0.4) is 0 Å². The second-order valence-electron chi connectivity index (χ2n) is 1.24. The van der Waals surface area contributed by atoms with Crippen molar-refractivity contribution in [3.05, 3.63) is 11.5 Å². The van der Waals surface area contributed by atoms with Gasteiger partial charge in [-0.2, -0.15) is 0 Å². The van der Waals surface area contributed by atoms with Gasteiger partial charge in [-0.1, -0.05) is 6.92 Å². The lowest BCUT2D eigenvalue weighted by atomic mass is 10.5. The molecule has 0 N–H and O–H groups in total. The molecule has 0 aromatic carbocycles. The van der Waals surface area contributed by atoms with Gasteiger partial charge in [-0.05, 0) is 18.5 Å². The Balaban J connectivity index is 3.49. The Morgan fingerprint density at radius 1 is 2.00 bits per heavy atom. The molecule has 0 aliphatic rings. The lowest BCUT2D eigenvalue weighted by molar-refractivity contribution is 1.19. The zero-order valence-corrected chi connectivity index (χ0v) is 5.67. The monoisotopic (exact) mass is 115 g/mol. The molecule has 1 atom stereocenters. The Bertz CT molecular complexity index is 86.1. The van der Waals surface area contributed by atoms with E-state index in [0.717, 1.165) is 6.42 Å². The molecule has 1 unspecified atom stereocenters. The van der Waals surface area contributed by atoms with Crippen LogP contribution in [0, 0.1) is 0 Å². The van der Waals surface area contributed by atoms with Crippen LogP contribution in [0.4, 0.5) is 0 Å². The molecule has 0 aromatic rings. The first kappa shape index (κ1) is 6.84. The van der Waals surface area contributed by atoms with Gasteiger partial charge < -0.3 is 0 Å². The summed E-state index contributed by atoms with van der Waals surface area (Å²) >= 11 is 0. The fourth-order valence-corrected chi connectivity index (χ4v) is 0.314. The first-order valence-corrected chi connectivity index (χ1v) is 2.79. The molecule has 40 valence electrons. The van der Waals surface area contributed by atoms with Crippen molar-refractivity contribution in [1.29, 1.82) is 0 Å². The molecule has 7 heavy (non-hydrogen) atoms. The molecular formula is C5H10NP. The van der Waals surface area contributed by atoms with Crippen LogP contribution < -0.4 is 0 Å². The molecule has 0 fully saturated rings. The molecule has 0 saturated carbocycles. The van der Waals surface area contributed by atoms with Crippen LogP contribution in [0.1, 0.15) is 13.3 Å². The van der Waals surface area contributed by atoms with E-state index in [0.29, 0.717) is 0 Å². The van der Waals surface area contributed by atoms with Crippen molar-refractivity contribution < 1.29 is 0 Å². The van der Waals surface area contributed by atoms with Crippen LogP contribution in [0.5, 0.6) is 0 Å². The molecule has 0 radical (unpaired) electrons. The SMILES string of the molecule is C=N/C=C(/P)CC. The molecular weight excluding hydrogens is 105 g/mol. The van der Waals surface area contributed by atoms with E-state index in [9.17, 15) is 0 Å². The Hall–Kier alpha value is -0.160. The summed E-state index contributed by atoms with van der Waals surface area (Å²) in [5.74, 6) is 0. The standard InChI is InChI=1S/C5H10NP/c1-3-5(7)4-6-2/h4H,2-3,7H2,1H3/b5-4+. The number of rotatable bonds is 2. The van der Waals surface area contributed by atoms with Gasteiger partial charge in [-0.25, -0.2) is 0 Å². The highest BCUT2D eigenvalue weighted by Gasteiger charge is 1.75. The zero-order valence-electron chi connectivity index (χ0n) is 4.52. The van der Waals surface area contributed by atoms with Gasteiger partial charge in [0.2, 0.25) is 0 Å². The Morgan fingerprint density at radius 2 is 2.57 bits per heavy atom. The molecule has 0 spiro atoms. The summed E-state index contributed by atoms with van der Waals surface area (Å²) in [5, 5.41) is 1.19. The number of allylic oxidation sites excluding steroid dienone is 1. The van der Waals surface area contributed by atoms with Crippen molar-refractivity contribution >= 4 is 16.0 Å². The average molecular weight is 115 g/mol.